The van der Waals surface area contributed by atoms with Gasteiger partial charge in [-0.2, -0.15) is 0 Å². The third-order valence-corrected chi connectivity index (χ3v) is 6.42. The molecule has 5 nitrogen and oxygen atoms in total. The lowest BCUT2D eigenvalue weighted by Crippen LogP contribution is -2.70. The van der Waals surface area contributed by atoms with E-state index in [9.17, 15) is 9.90 Å². The maximum Gasteiger partial charge on any atom is 0.252 e. The summed E-state index contributed by atoms with van der Waals surface area (Å²) in [7, 11) is 0. The summed E-state index contributed by atoms with van der Waals surface area (Å²) in [4.78, 5) is 13.1. The molecule has 1 aliphatic rings. The fourth-order valence-electron chi connectivity index (χ4n) is 4.31. The molecule has 2 aromatic carbocycles. The molecule has 3 rings (SSSR count). The lowest BCUT2D eigenvalue weighted by molar-refractivity contribution is 0.0221. The molecular formula is C25H36ClN3O2. The number of hydrogen-bond acceptors (Lipinski definition) is 4. The van der Waals surface area contributed by atoms with Crippen LogP contribution in [0.1, 0.15) is 55.5 Å². The largest absolute Gasteiger partial charge is 0.388 e. The van der Waals surface area contributed by atoms with Crippen molar-refractivity contribution in [3.05, 3.63) is 71.8 Å². The van der Waals surface area contributed by atoms with Gasteiger partial charge in [0.05, 0.1) is 0 Å². The Morgan fingerprint density at radius 1 is 1.06 bits per heavy atom. The van der Waals surface area contributed by atoms with Gasteiger partial charge in [0.1, 0.15) is 11.8 Å². The molecule has 0 aliphatic heterocycles. The molecule has 0 aromatic heterocycles. The summed E-state index contributed by atoms with van der Waals surface area (Å²) in [6.45, 7) is 5.23. The summed E-state index contributed by atoms with van der Waals surface area (Å²) in [5, 5.41) is 21.5. The van der Waals surface area contributed by atoms with Gasteiger partial charge in [-0.1, -0.05) is 62.4 Å². The van der Waals surface area contributed by atoms with Crippen molar-refractivity contribution in [2.75, 3.05) is 13.1 Å². The molecule has 31 heavy (non-hydrogen) atoms. The summed E-state index contributed by atoms with van der Waals surface area (Å²) in [6.07, 6.45) is 4.24. The molecule has 0 bridgehead atoms. The molecule has 0 radical (unpaired) electrons. The fourth-order valence-corrected chi connectivity index (χ4v) is 4.31. The van der Waals surface area contributed by atoms with E-state index in [-0.39, 0.29) is 23.9 Å². The Morgan fingerprint density at radius 3 is 2.19 bits per heavy atom. The monoisotopic (exact) mass is 445 g/mol. The van der Waals surface area contributed by atoms with Crippen LogP contribution >= 0.6 is 12.4 Å². The van der Waals surface area contributed by atoms with Crippen molar-refractivity contribution in [3.63, 3.8) is 0 Å². The third-order valence-electron chi connectivity index (χ3n) is 6.42. The summed E-state index contributed by atoms with van der Waals surface area (Å²) in [5.74, 6) is -0.194. The second kappa shape index (κ2) is 11.6. The summed E-state index contributed by atoms with van der Waals surface area (Å²) in [6, 6.07) is 19.2. The van der Waals surface area contributed by atoms with Crippen LogP contribution in [0.3, 0.4) is 0 Å². The van der Waals surface area contributed by atoms with Gasteiger partial charge < -0.3 is 15.7 Å². The highest BCUT2D eigenvalue weighted by Gasteiger charge is 2.41. The predicted molar refractivity (Wildman–Crippen MR) is 129 cm³/mol. The van der Waals surface area contributed by atoms with Crippen LogP contribution in [0.25, 0.3) is 0 Å². The van der Waals surface area contributed by atoms with Gasteiger partial charge in [0.25, 0.3) is 5.91 Å². The highest BCUT2D eigenvalue weighted by atomic mass is 35.5. The van der Waals surface area contributed by atoms with Crippen molar-refractivity contribution in [1.82, 2.24) is 16.0 Å². The van der Waals surface area contributed by atoms with Gasteiger partial charge in [-0.15, -0.1) is 12.4 Å². The number of amides is 1. The zero-order valence-electron chi connectivity index (χ0n) is 18.6. The fraction of sp³-hybridized carbons (Fsp3) is 0.480. The van der Waals surface area contributed by atoms with Gasteiger partial charge in [-0.05, 0) is 49.9 Å². The van der Waals surface area contributed by atoms with Crippen molar-refractivity contribution in [2.45, 2.75) is 63.3 Å². The zero-order chi connectivity index (χ0) is 21.5. The van der Waals surface area contributed by atoms with Crippen LogP contribution in [0.4, 0.5) is 0 Å². The van der Waals surface area contributed by atoms with E-state index in [1.165, 1.54) is 6.42 Å². The SMILES string of the molecule is CCN[C@@](Cc1ccccc1)(NC(=O)c1ccccc1)[C@H](O)CNC1(CC)CCC1.Cl. The zero-order valence-corrected chi connectivity index (χ0v) is 19.4. The average Bonchev–Trinajstić information content (AvgIpc) is 2.74. The molecule has 0 unspecified atom stereocenters. The Bertz CT molecular complexity index is 793. The van der Waals surface area contributed by atoms with Crippen molar-refractivity contribution < 1.29 is 9.90 Å². The molecule has 0 spiro atoms. The number of β-amino-alcohol motifs (C(OH)–C–C–N with tert-alkyl or cyclic N) is 1. The Hall–Kier alpha value is -1.92. The van der Waals surface area contributed by atoms with Gasteiger partial charge in [-0.25, -0.2) is 0 Å². The quantitative estimate of drug-likeness (QED) is 0.398. The first kappa shape index (κ1) is 25.3. The number of nitrogens with one attached hydrogen (secondary N) is 3. The smallest absolute Gasteiger partial charge is 0.252 e. The number of hydrogen-bond donors (Lipinski definition) is 4. The number of benzene rings is 2. The second-order valence-corrected chi connectivity index (χ2v) is 8.37. The molecule has 1 amide bonds. The molecule has 0 saturated heterocycles. The number of halogens is 1. The van der Waals surface area contributed by atoms with Crippen molar-refractivity contribution in [1.29, 1.82) is 0 Å². The van der Waals surface area contributed by atoms with Crippen molar-refractivity contribution in [2.24, 2.45) is 0 Å². The number of carbonyl (C=O) groups is 1. The van der Waals surface area contributed by atoms with E-state index in [4.69, 9.17) is 0 Å². The summed E-state index contributed by atoms with van der Waals surface area (Å²) >= 11 is 0. The molecule has 170 valence electrons. The first-order valence-corrected chi connectivity index (χ1v) is 11.1. The lowest BCUT2D eigenvalue weighted by atomic mass is 9.74. The van der Waals surface area contributed by atoms with Gasteiger partial charge in [0.15, 0.2) is 0 Å². The lowest BCUT2D eigenvalue weighted by Gasteiger charge is -2.45. The Kier molecular flexibility index (Phi) is 9.51. The van der Waals surface area contributed by atoms with Crippen LogP contribution in [0.5, 0.6) is 0 Å². The topological polar surface area (TPSA) is 73.4 Å². The van der Waals surface area contributed by atoms with Crippen LogP contribution in [-0.2, 0) is 6.42 Å². The Labute approximate surface area is 192 Å². The highest BCUT2D eigenvalue weighted by molar-refractivity contribution is 5.94. The van der Waals surface area contributed by atoms with Gasteiger partial charge in [-0.3, -0.25) is 10.1 Å². The maximum atomic E-state index is 13.1. The van der Waals surface area contributed by atoms with Gasteiger partial charge in [0.2, 0.25) is 0 Å². The molecule has 1 saturated carbocycles. The standard InChI is InChI=1S/C25H35N3O2.ClH/c1-3-24(16-11-17-24)27-19-22(29)25(26-4-2,18-20-12-7-5-8-13-20)28-23(30)21-14-9-6-10-15-21;/h5-10,12-15,22,26-27,29H,3-4,11,16-19H2,1-2H3,(H,28,30);1H/t22-,25+;/m1./s1. The first-order chi connectivity index (χ1) is 14.5. The molecule has 1 fully saturated rings. The molecule has 2 aromatic rings. The minimum Gasteiger partial charge on any atom is -0.388 e. The third kappa shape index (κ3) is 6.30. The normalized spacial score (nSPS) is 17.5. The minimum atomic E-state index is -0.977. The average molecular weight is 446 g/mol. The number of aliphatic hydroxyl groups excluding tert-OH is 1. The van der Waals surface area contributed by atoms with Gasteiger partial charge >= 0.3 is 0 Å². The van der Waals surface area contributed by atoms with E-state index in [0.29, 0.717) is 25.1 Å². The van der Waals surface area contributed by atoms with Crippen LogP contribution in [0.15, 0.2) is 60.7 Å². The van der Waals surface area contributed by atoms with Crippen molar-refractivity contribution >= 4 is 18.3 Å². The van der Waals surface area contributed by atoms with E-state index in [2.05, 4.69) is 22.9 Å². The Morgan fingerprint density at radius 2 is 1.68 bits per heavy atom. The van der Waals surface area contributed by atoms with E-state index in [1.807, 2.05) is 55.5 Å². The van der Waals surface area contributed by atoms with Crippen LogP contribution in [-0.4, -0.2) is 41.4 Å². The molecule has 6 heteroatoms. The number of likely N-dealkylation sites (N-methyl/N-ethyl adjacent to an activating group) is 1. The van der Waals surface area contributed by atoms with Gasteiger partial charge in [0, 0.05) is 24.1 Å². The molecule has 2 atom stereocenters. The number of aliphatic hydroxyl groups is 1. The van der Waals surface area contributed by atoms with Crippen molar-refractivity contribution in [3.8, 4) is 0 Å². The summed E-state index contributed by atoms with van der Waals surface area (Å²) < 4.78 is 0. The summed E-state index contributed by atoms with van der Waals surface area (Å²) in [5.41, 5.74) is 0.779. The minimum absolute atomic E-state index is 0. The molecular weight excluding hydrogens is 410 g/mol. The second-order valence-electron chi connectivity index (χ2n) is 8.37. The first-order valence-electron chi connectivity index (χ1n) is 11.1. The molecule has 4 N–H and O–H groups in total. The molecule has 0 heterocycles. The van der Waals surface area contributed by atoms with Crippen LogP contribution < -0.4 is 16.0 Å². The van der Waals surface area contributed by atoms with E-state index >= 15 is 0 Å². The Balaban J connectivity index is 0.00000341. The number of carbonyl (C=O) groups excluding carboxylic acids is 1. The van der Waals surface area contributed by atoms with Crippen LogP contribution in [0.2, 0.25) is 0 Å². The highest BCUT2D eigenvalue weighted by Crippen LogP contribution is 2.34. The predicted octanol–water partition coefficient (Wildman–Crippen LogP) is 3.67. The number of rotatable bonds is 11. The molecule has 1 aliphatic carbocycles. The van der Waals surface area contributed by atoms with Crippen LogP contribution in [0, 0.1) is 0 Å². The van der Waals surface area contributed by atoms with E-state index in [0.717, 1.165) is 24.8 Å². The van der Waals surface area contributed by atoms with E-state index < -0.39 is 11.8 Å². The van der Waals surface area contributed by atoms with E-state index in [1.54, 1.807) is 12.1 Å². The maximum absolute atomic E-state index is 13.1.